The summed E-state index contributed by atoms with van der Waals surface area (Å²) in [7, 11) is 3.40. The summed E-state index contributed by atoms with van der Waals surface area (Å²) in [5.74, 6) is 2.31. The minimum absolute atomic E-state index is 0.595. The number of hydrogen-bond acceptors (Lipinski definition) is 3. The van der Waals surface area contributed by atoms with E-state index in [0.29, 0.717) is 5.92 Å². The molecule has 3 nitrogen and oxygen atoms in total. The van der Waals surface area contributed by atoms with Crippen molar-refractivity contribution in [2.24, 2.45) is 0 Å². The molecule has 0 aromatic heterocycles. The molecule has 0 spiro atoms. The highest BCUT2D eigenvalue weighted by molar-refractivity contribution is 5.54. The van der Waals surface area contributed by atoms with Crippen molar-refractivity contribution >= 4 is 0 Å². The van der Waals surface area contributed by atoms with Crippen LogP contribution in [0.2, 0.25) is 0 Å². The van der Waals surface area contributed by atoms with Crippen molar-refractivity contribution in [2.75, 3.05) is 27.3 Å². The highest BCUT2D eigenvalue weighted by Crippen LogP contribution is 2.39. The standard InChI is InChI=1S/C15H23NO2/c1-10-11(2)15(18-4)14(17-3)8-13(10)12-6-5-7-16-9-12/h8,12,16H,5-7,9H2,1-4H3. The lowest BCUT2D eigenvalue weighted by molar-refractivity contribution is 0.351. The van der Waals surface area contributed by atoms with Crippen LogP contribution in [0.3, 0.4) is 0 Å². The molecule has 0 amide bonds. The quantitative estimate of drug-likeness (QED) is 0.893. The zero-order valence-corrected chi connectivity index (χ0v) is 11.8. The Morgan fingerprint density at radius 2 is 1.94 bits per heavy atom. The number of nitrogens with one attached hydrogen (secondary N) is 1. The smallest absolute Gasteiger partial charge is 0.163 e. The van der Waals surface area contributed by atoms with E-state index in [1.54, 1.807) is 14.2 Å². The summed E-state index contributed by atoms with van der Waals surface area (Å²) in [6, 6.07) is 2.15. The van der Waals surface area contributed by atoms with Crippen LogP contribution in [0.1, 0.15) is 35.4 Å². The molecule has 0 radical (unpaired) electrons. The van der Waals surface area contributed by atoms with E-state index in [-0.39, 0.29) is 0 Å². The molecule has 100 valence electrons. The normalized spacial score (nSPS) is 19.7. The van der Waals surface area contributed by atoms with Gasteiger partial charge in [0.05, 0.1) is 14.2 Å². The zero-order chi connectivity index (χ0) is 13.1. The Kier molecular flexibility index (Phi) is 4.12. The highest BCUT2D eigenvalue weighted by atomic mass is 16.5. The van der Waals surface area contributed by atoms with Crippen LogP contribution in [0.5, 0.6) is 11.5 Å². The number of methoxy groups -OCH3 is 2. The number of hydrogen-bond donors (Lipinski definition) is 1. The monoisotopic (exact) mass is 249 g/mol. The van der Waals surface area contributed by atoms with Crippen molar-refractivity contribution in [3.8, 4) is 11.5 Å². The lowest BCUT2D eigenvalue weighted by atomic mass is 9.86. The fourth-order valence-electron chi connectivity index (χ4n) is 2.83. The number of piperidine rings is 1. The lowest BCUT2D eigenvalue weighted by Gasteiger charge is -2.26. The van der Waals surface area contributed by atoms with Crippen LogP contribution in [-0.4, -0.2) is 27.3 Å². The Bertz CT molecular complexity index is 423. The topological polar surface area (TPSA) is 30.5 Å². The Labute approximate surface area is 109 Å². The van der Waals surface area contributed by atoms with Gasteiger partial charge >= 0.3 is 0 Å². The predicted molar refractivity (Wildman–Crippen MR) is 73.9 cm³/mol. The summed E-state index contributed by atoms with van der Waals surface area (Å²) in [6.45, 7) is 6.50. The molecule has 1 atom stereocenters. The third-order valence-electron chi connectivity index (χ3n) is 4.01. The Morgan fingerprint density at radius 3 is 2.50 bits per heavy atom. The van der Waals surface area contributed by atoms with Gasteiger partial charge in [0.25, 0.3) is 0 Å². The van der Waals surface area contributed by atoms with Crippen molar-refractivity contribution in [1.82, 2.24) is 5.32 Å². The van der Waals surface area contributed by atoms with Gasteiger partial charge in [-0.1, -0.05) is 0 Å². The second kappa shape index (κ2) is 5.61. The summed E-state index contributed by atoms with van der Waals surface area (Å²) in [6.07, 6.45) is 2.50. The van der Waals surface area contributed by atoms with Crippen LogP contribution in [0.15, 0.2) is 6.07 Å². The molecule has 0 aliphatic carbocycles. The molecule has 18 heavy (non-hydrogen) atoms. The molecule has 3 heteroatoms. The number of rotatable bonds is 3. The second-order valence-corrected chi connectivity index (χ2v) is 4.99. The first-order valence-electron chi connectivity index (χ1n) is 6.61. The van der Waals surface area contributed by atoms with Gasteiger partial charge in [0.2, 0.25) is 0 Å². The van der Waals surface area contributed by atoms with Gasteiger partial charge in [-0.2, -0.15) is 0 Å². The molecule has 1 N–H and O–H groups in total. The molecule has 2 rings (SSSR count). The summed E-state index contributed by atoms with van der Waals surface area (Å²) in [5, 5.41) is 3.47. The molecule has 0 bridgehead atoms. The molecular formula is C15H23NO2. The molecule has 1 aliphatic rings. The van der Waals surface area contributed by atoms with Crippen LogP contribution < -0.4 is 14.8 Å². The van der Waals surface area contributed by atoms with Crippen LogP contribution in [0.4, 0.5) is 0 Å². The maximum atomic E-state index is 5.46. The molecular weight excluding hydrogens is 226 g/mol. The molecule has 1 heterocycles. The average molecular weight is 249 g/mol. The lowest BCUT2D eigenvalue weighted by Crippen LogP contribution is -2.28. The summed E-state index contributed by atoms with van der Waals surface area (Å²) >= 11 is 0. The van der Waals surface area contributed by atoms with E-state index in [9.17, 15) is 0 Å². The van der Waals surface area contributed by atoms with Gasteiger partial charge in [0.1, 0.15) is 0 Å². The van der Waals surface area contributed by atoms with E-state index in [0.717, 1.165) is 24.6 Å². The van der Waals surface area contributed by atoms with E-state index in [4.69, 9.17) is 9.47 Å². The minimum atomic E-state index is 0.595. The van der Waals surface area contributed by atoms with Gasteiger partial charge in [-0.25, -0.2) is 0 Å². The maximum Gasteiger partial charge on any atom is 0.163 e. The first-order chi connectivity index (χ1) is 8.69. The molecule has 1 saturated heterocycles. The van der Waals surface area contributed by atoms with Gasteiger partial charge in [0.15, 0.2) is 11.5 Å². The summed E-state index contributed by atoms with van der Waals surface area (Å²) in [4.78, 5) is 0. The van der Waals surface area contributed by atoms with Crippen LogP contribution in [0.25, 0.3) is 0 Å². The van der Waals surface area contributed by atoms with Crippen molar-refractivity contribution in [1.29, 1.82) is 0 Å². The first kappa shape index (κ1) is 13.2. The van der Waals surface area contributed by atoms with Gasteiger partial charge < -0.3 is 14.8 Å². The van der Waals surface area contributed by atoms with Crippen molar-refractivity contribution in [3.05, 3.63) is 22.8 Å². The van der Waals surface area contributed by atoms with E-state index in [1.807, 2.05) is 0 Å². The fourth-order valence-corrected chi connectivity index (χ4v) is 2.83. The molecule has 1 aromatic rings. The van der Waals surface area contributed by atoms with Crippen LogP contribution >= 0.6 is 0 Å². The van der Waals surface area contributed by atoms with Gasteiger partial charge in [-0.3, -0.25) is 0 Å². The Morgan fingerprint density at radius 1 is 1.17 bits per heavy atom. The zero-order valence-electron chi connectivity index (χ0n) is 11.8. The van der Waals surface area contributed by atoms with E-state index in [2.05, 4.69) is 25.2 Å². The van der Waals surface area contributed by atoms with Crippen LogP contribution in [0, 0.1) is 13.8 Å². The Hall–Kier alpha value is -1.22. The second-order valence-electron chi connectivity index (χ2n) is 4.99. The maximum absolute atomic E-state index is 5.46. The van der Waals surface area contributed by atoms with E-state index < -0.39 is 0 Å². The molecule has 1 fully saturated rings. The largest absolute Gasteiger partial charge is 0.493 e. The van der Waals surface area contributed by atoms with Crippen molar-refractivity contribution in [3.63, 3.8) is 0 Å². The van der Waals surface area contributed by atoms with Crippen molar-refractivity contribution < 1.29 is 9.47 Å². The molecule has 1 aliphatic heterocycles. The van der Waals surface area contributed by atoms with Gasteiger partial charge in [0, 0.05) is 6.54 Å². The Balaban J connectivity index is 2.44. The van der Waals surface area contributed by atoms with Crippen molar-refractivity contribution in [2.45, 2.75) is 32.6 Å². The molecule has 1 aromatic carbocycles. The average Bonchev–Trinajstić information content (AvgIpc) is 2.42. The summed E-state index contributed by atoms with van der Waals surface area (Å²) in [5.41, 5.74) is 3.93. The van der Waals surface area contributed by atoms with Crippen LogP contribution in [-0.2, 0) is 0 Å². The molecule has 0 saturated carbocycles. The molecule has 1 unspecified atom stereocenters. The third-order valence-corrected chi connectivity index (χ3v) is 4.01. The summed E-state index contributed by atoms with van der Waals surface area (Å²) < 4.78 is 10.9. The van der Waals surface area contributed by atoms with Gasteiger partial charge in [-0.05, 0) is 61.9 Å². The minimum Gasteiger partial charge on any atom is -0.493 e. The number of benzene rings is 1. The van der Waals surface area contributed by atoms with Gasteiger partial charge in [-0.15, -0.1) is 0 Å². The SMILES string of the molecule is COc1cc(C2CCCNC2)c(C)c(C)c1OC. The fraction of sp³-hybridized carbons (Fsp3) is 0.600. The first-order valence-corrected chi connectivity index (χ1v) is 6.61. The highest BCUT2D eigenvalue weighted by Gasteiger charge is 2.21. The number of ether oxygens (including phenoxy) is 2. The van der Waals surface area contributed by atoms with E-state index >= 15 is 0 Å². The third kappa shape index (κ3) is 2.32. The van der Waals surface area contributed by atoms with E-state index in [1.165, 1.54) is 29.5 Å². The predicted octanol–water partition coefficient (Wildman–Crippen LogP) is 2.79.